The van der Waals surface area contributed by atoms with Gasteiger partial charge in [0.15, 0.2) is 5.78 Å². The molecule has 0 aromatic carbocycles. The van der Waals surface area contributed by atoms with Crippen molar-refractivity contribution in [1.82, 2.24) is 0 Å². The number of aliphatic hydroxyl groups is 2. The molecule has 0 unspecified atom stereocenters. The number of ketones is 1. The highest BCUT2D eigenvalue weighted by atomic mass is 35.5. The second-order valence-electron chi connectivity index (χ2n) is 6.28. The zero-order chi connectivity index (χ0) is 18.8. The highest BCUT2D eigenvalue weighted by molar-refractivity contribution is 6.18. The quantitative estimate of drug-likeness (QED) is 0.164. The number of halogens is 1. The molecule has 0 amide bonds. The Labute approximate surface area is 158 Å². The molecule has 0 aliphatic heterocycles. The van der Waals surface area contributed by atoms with E-state index < -0.39 is 11.6 Å². The summed E-state index contributed by atoms with van der Waals surface area (Å²) in [6, 6.07) is 0. The predicted molar refractivity (Wildman–Crippen MR) is 107 cm³/mol. The number of carbonyl (C=O) groups is 1. The molecular weight excluding hydrogens is 336 g/mol. The van der Waals surface area contributed by atoms with Crippen LogP contribution in [0, 0.1) is 0 Å². The van der Waals surface area contributed by atoms with Crippen molar-refractivity contribution in [3.8, 4) is 0 Å². The minimum atomic E-state index is -2.24. The van der Waals surface area contributed by atoms with Gasteiger partial charge in [-0.2, -0.15) is 0 Å². The Morgan fingerprint density at radius 1 is 0.880 bits per heavy atom. The fraction of sp³-hybridized carbons (Fsp3) is 0.667. The van der Waals surface area contributed by atoms with Crippen LogP contribution in [0.1, 0.15) is 77.6 Å². The first-order chi connectivity index (χ1) is 12.0. The molecule has 0 aliphatic rings. The smallest absolute Gasteiger partial charge is 0.225 e. The number of unbranched alkanes of at least 4 members (excludes halogenated alkanes) is 5. The van der Waals surface area contributed by atoms with Crippen LogP contribution < -0.4 is 0 Å². The first kappa shape index (κ1) is 24.1. The Hall–Kier alpha value is -0.900. The van der Waals surface area contributed by atoms with E-state index in [1.807, 2.05) is 0 Å². The maximum absolute atomic E-state index is 11.6. The maximum atomic E-state index is 11.6. The maximum Gasteiger partial charge on any atom is 0.225 e. The van der Waals surface area contributed by atoms with Crippen molar-refractivity contribution in [2.45, 2.75) is 83.3 Å². The van der Waals surface area contributed by atoms with Crippen molar-refractivity contribution in [3.05, 3.63) is 36.5 Å². The topological polar surface area (TPSA) is 57.5 Å². The summed E-state index contributed by atoms with van der Waals surface area (Å²) in [5.74, 6) is -2.69. The van der Waals surface area contributed by atoms with Crippen molar-refractivity contribution >= 4 is 17.4 Å². The van der Waals surface area contributed by atoms with Crippen LogP contribution >= 0.6 is 11.6 Å². The molecule has 2 N–H and O–H groups in total. The fourth-order valence-corrected chi connectivity index (χ4v) is 2.64. The summed E-state index contributed by atoms with van der Waals surface area (Å²) in [7, 11) is 0. The summed E-state index contributed by atoms with van der Waals surface area (Å²) in [5.41, 5.74) is 0. The lowest BCUT2D eigenvalue weighted by Gasteiger charge is -2.18. The largest absolute Gasteiger partial charge is 0.360 e. The molecule has 3 nitrogen and oxygen atoms in total. The van der Waals surface area contributed by atoms with Gasteiger partial charge in [-0.25, -0.2) is 0 Å². The molecule has 0 radical (unpaired) electrons. The van der Waals surface area contributed by atoms with Crippen molar-refractivity contribution in [3.63, 3.8) is 0 Å². The summed E-state index contributed by atoms with van der Waals surface area (Å²) in [4.78, 5) is 11.6. The van der Waals surface area contributed by atoms with E-state index >= 15 is 0 Å². The molecule has 25 heavy (non-hydrogen) atoms. The SMILES string of the molecule is CC/C=C\C/C=C\C/C=C\CCCCCCCC(=O)C(O)(O)CCCl. The molecule has 0 fully saturated rings. The van der Waals surface area contributed by atoms with Crippen LogP contribution in [0.2, 0.25) is 0 Å². The zero-order valence-corrected chi connectivity index (χ0v) is 16.4. The molecule has 0 rings (SSSR count). The highest BCUT2D eigenvalue weighted by Gasteiger charge is 2.30. The number of hydrogen-bond acceptors (Lipinski definition) is 3. The molecule has 4 heteroatoms. The van der Waals surface area contributed by atoms with E-state index in [0.717, 1.165) is 51.4 Å². The number of Topliss-reactive ketones (excluding diaryl/α,β-unsaturated/α-hetero) is 1. The average Bonchev–Trinajstić information content (AvgIpc) is 2.58. The zero-order valence-electron chi connectivity index (χ0n) is 15.6. The molecule has 0 heterocycles. The summed E-state index contributed by atoms with van der Waals surface area (Å²) < 4.78 is 0. The standard InChI is InChI=1S/C21H35ClO3/c1-2-3-4-5-6-7-8-9-10-11-12-13-14-15-16-17-20(23)21(24,25)18-19-22/h3-4,6-7,9-10,24-25H,2,5,8,11-19H2,1H3/b4-3-,7-6-,10-9-. The first-order valence-corrected chi connectivity index (χ1v) is 10.1. The normalized spacial score (nSPS) is 12.8. The number of allylic oxidation sites excluding steroid dienone is 6. The van der Waals surface area contributed by atoms with Gasteiger partial charge in [-0.05, 0) is 38.5 Å². The number of hydrogen-bond donors (Lipinski definition) is 2. The van der Waals surface area contributed by atoms with Gasteiger partial charge in [0.1, 0.15) is 0 Å². The third-order valence-electron chi connectivity index (χ3n) is 3.94. The predicted octanol–water partition coefficient (Wildman–Crippen LogP) is 5.45. The molecule has 0 aromatic rings. The Bertz CT molecular complexity index is 411. The molecular formula is C21H35ClO3. The Morgan fingerprint density at radius 2 is 1.44 bits per heavy atom. The second-order valence-corrected chi connectivity index (χ2v) is 6.66. The number of alkyl halides is 1. The van der Waals surface area contributed by atoms with Gasteiger partial charge in [-0.15, -0.1) is 11.6 Å². The Kier molecular flexibility index (Phi) is 16.0. The van der Waals surface area contributed by atoms with E-state index in [0.29, 0.717) is 6.42 Å². The second kappa shape index (κ2) is 16.6. The van der Waals surface area contributed by atoms with Crippen molar-refractivity contribution < 1.29 is 15.0 Å². The molecule has 144 valence electrons. The Balaban J connectivity index is 3.48. The lowest BCUT2D eigenvalue weighted by Crippen LogP contribution is -2.38. The third-order valence-corrected chi connectivity index (χ3v) is 4.13. The van der Waals surface area contributed by atoms with E-state index in [9.17, 15) is 15.0 Å². The van der Waals surface area contributed by atoms with Gasteiger partial charge in [0, 0.05) is 18.7 Å². The lowest BCUT2D eigenvalue weighted by molar-refractivity contribution is -0.183. The third kappa shape index (κ3) is 15.1. The van der Waals surface area contributed by atoms with Gasteiger partial charge in [-0.3, -0.25) is 4.79 Å². The first-order valence-electron chi connectivity index (χ1n) is 9.53. The van der Waals surface area contributed by atoms with Crippen LogP contribution in [-0.2, 0) is 4.79 Å². The van der Waals surface area contributed by atoms with Gasteiger partial charge < -0.3 is 10.2 Å². The van der Waals surface area contributed by atoms with Gasteiger partial charge in [0.25, 0.3) is 0 Å². The molecule has 0 saturated carbocycles. The molecule has 0 aromatic heterocycles. The van der Waals surface area contributed by atoms with Gasteiger partial charge in [0.05, 0.1) is 0 Å². The van der Waals surface area contributed by atoms with Crippen LogP contribution in [0.4, 0.5) is 0 Å². The summed E-state index contributed by atoms with van der Waals surface area (Å²) in [5, 5.41) is 19.0. The van der Waals surface area contributed by atoms with Crippen molar-refractivity contribution in [2.24, 2.45) is 0 Å². The van der Waals surface area contributed by atoms with E-state index in [-0.39, 0.29) is 18.7 Å². The van der Waals surface area contributed by atoms with Crippen molar-refractivity contribution in [2.75, 3.05) is 5.88 Å². The number of rotatable bonds is 16. The summed E-state index contributed by atoms with van der Waals surface area (Å²) >= 11 is 5.44. The molecule has 0 bridgehead atoms. The molecule has 0 spiro atoms. The summed E-state index contributed by atoms with van der Waals surface area (Å²) in [6.45, 7) is 2.14. The van der Waals surface area contributed by atoms with E-state index in [4.69, 9.17) is 11.6 Å². The van der Waals surface area contributed by atoms with Crippen LogP contribution in [0.3, 0.4) is 0 Å². The highest BCUT2D eigenvalue weighted by Crippen LogP contribution is 2.15. The van der Waals surface area contributed by atoms with E-state index in [2.05, 4.69) is 43.4 Å². The van der Waals surface area contributed by atoms with E-state index in [1.54, 1.807) is 0 Å². The lowest BCUT2D eigenvalue weighted by atomic mass is 10.0. The minimum Gasteiger partial charge on any atom is -0.360 e. The molecule has 0 aliphatic carbocycles. The summed E-state index contributed by atoms with van der Waals surface area (Å²) in [6.07, 6.45) is 22.5. The minimum absolute atomic E-state index is 0.0674. The van der Waals surface area contributed by atoms with Gasteiger partial charge >= 0.3 is 0 Å². The molecule has 0 atom stereocenters. The average molecular weight is 371 g/mol. The van der Waals surface area contributed by atoms with Crippen molar-refractivity contribution in [1.29, 1.82) is 0 Å². The molecule has 0 saturated heterocycles. The van der Waals surface area contributed by atoms with Crippen LogP contribution in [0.25, 0.3) is 0 Å². The Morgan fingerprint density at radius 3 is 2.08 bits per heavy atom. The van der Waals surface area contributed by atoms with Gasteiger partial charge in [-0.1, -0.05) is 62.6 Å². The monoisotopic (exact) mass is 370 g/mol. The van der Waals surface area contributed by atoms with E-state index in [1.165, 1.54) is 0 Å². The van der Waals surface area contributed by atoms with Crippen LogP contribution in [0.15, 0.2) is 36.5 Å². The van der Waals surface area contributed by atoms with Crippen LogP contribution in [0.5, 0.6) is 0 Å². The number of carbonyl (C=O) groups excluding carboxylic acids is 1. The fourth-order valence-electron chi connectivity index (χ4n) is 2.38. The van der Waals surface area contributed by atoms with Crippen LogP contribution in [-0.4, -0.2) is 27.7 Å². The van der Waals surface area contributed by atoms with Gasteiger partial charge in [0.2, 0.25) is 5.79 Å².